The number of anilines is 2. The highest BCUT2D eigenvalue weighted by Gasteiger charge is 2.32. The molecule has 5 nitrogen and oxygen atoms in total. The summed E-state index contributed by atoms with van der Waals surface area (Å²) < 4.78 is 63.8. The third-order valence-electron chi connectivity index (χ3n) is 3.30. The minimum absolute atomic E-state index is 0.246. The van der Waals surface area contributed by atoms with E-state index in [2.05, 4.69) is 21.2 Å². The summed E-state index contributed by atoms with van der Waals surface area (Å²) in [6.45, 7) is -0.665. The Morgan fingerprint density at radius 1 is 1.15 bits per heavy atom. The van der Waals surface area contributed by atoms with Crippen LogP contribution in [0.15, 0.2) is 53.0 Å². The maximum atomic E-state index is 12.9. The third-order valence-corrected chi connectivity index (χ3v) is 5.13. The van der Waals surface area contributed by atoms with Crippen molar-refractivity contribution < 1.29 is 26.4 Å². The summed E-state index contributed by atoms with van der Waals surface area (Å²) in [5, 5.41) is 2.51. The molecule has 1 N–H and O–H groups in total. The standard InChI is InChI=1S/C16H14BrF3N2O3S/c1-26(24,25)22(12-6-4-5-11(9-12)16(18,19)20)10-15(23)21-14-8-3-2-7-13(14)17/h2-9H,10H2,1H3,(H,21,23). The zero-order valence-electron chi connectivity index (χ0n) is 13.4. The van der Waals surface area contributed by atoms with Crippen LogP contribution in [0.1, 0.15) is 5.56 Å². The van der Waals surface area contributed by atoms with Crippen LogP contribution >= 0.6 is 15.9 Å². The molecule has 0 fully saturated rings. The van der Waals surface area contributed by atoms with Gasteiger partial charge in [0, 0.05) is 4.47 Å². The van der Waals surface area contributed by atoms with Gasteiger partial charge in [-0.2, -0.15) is 13.2 Å². The van der Waals surface area contributed by atoms with E-state index in [1.165, 1.54) is 6.07 Å². The summed E-state index contributed by atoms with van der Waals surface area (Å²) in [6, 6.07) is 10.5. The number of hydrogen-bond donors (Lipinski definition) is 1. The van der Waals surface area contributed by atoms with E-state index in [-0.39, 0.29) is 5.69 Å². The molecule has 140 valence electrons. The summed E-state index contributed by atoms with van der Waals surface area (Å²) in [7, 11) is -3.98. The van der Waals surface area contributed by atoms with Crippen LogP contribution in [0, 0.1) is 0 Å². The molecule has 0 heterocycles. The number of rotatable bonds is 5. The van der Waals surface area contributed by atoms with E-state index in [1.807, 2.05) is 0 Å². The molecule has 0 unspecified atom stereocenters. The smallest absolute Gasteiger partial charge is 0.323 e. The zero-order chi connectivity index (χ0) is 19.5. The summed E-state index contributed by atoms with van der Waals surface area (Å²) in [5.41, 5.74) is -0.838. The fraction of sp³-hybridized carbons (Fsp3) is 0.188. The maximum absolute atomic E-state index is 12.9. The average Bonchev–Trinajstić information content (AvgIpc) is 2.53. The molecule has 2 aromatic rings. The fourth-order valence-corrected chi connectivity index (χ4v) is 3.35. The quantitative estimate of drug-likeness (QED) is 0.751. The summed E-state index contributed by atoms with van der Waals surface area (Å²) >= 11 is 3.24. The molecule has 0 saturated carbocycles. The molecular formula is C16H14BrF3N2O3S. The van der Waals surface area contributed by atoms with Crippen LogP contribution < -0.4 is 9.62 Å². The maximum Gasteiger partial charge on any atom is 0.416 e. The minimum Gasteiger partial charge on any atom is -0.323 e. The van der Waals surface area contributed by atoms with Crippen LogP contribution in [0.25, 0.3) is 0 Å². The van der Waals surface area contributed by atoms with Gasteiger partial charge >= 0.3 is 6.18 Å². The van der Waals surface area contributed by atoms with Gasteiger partial charge in [-0.05, 0) is 46.3 Å². The van der Waals surface area contributed by atoms with Crippen molar-refractivity contribution in [2.24, 2.45) is 0 Å². The predicted octanol–water partition coefficient (Wildman–Crippen LogP) is 3.87. The van der Waals surface area contributed by atoms with Gasteiger partial charge in [-0.25, -0.2) is 8.42 Å². The van der Waals surface area contributed by atoms with Crippen molar-refractivity contribution >= 4 is 43.2 Å². The zero-order valence-corrected chi connectivity index (χ0v) is 15.8. The predicted molar refractivity (Wildman–Crippen MR) is 96.4 cm³/mol. The number of sulfonamides is 1. The van der Waals surface area contributed by atoms with Gasteiger partial charge in [-0.15, -0.1) is 0 Å². The van der Waals surface area contributed by atoms with Crippen molar-refractivity contribution in [1.82, 2.24) is 0 Å². The number of halogens is 4. The van der Waals surface area contributed by atoms with E-state index in [9.17, 15) is 26.4 Å². The summed E-state index contributed by atoms with van der Waals surface area (Å²) in [5.74, 6) is -0.695. The molecule has 2 rings (SSSR count). The van der Waals surface area contributed by atoms with Crippen LogP contribution in [0.4, 0.5) is 24.5 Å². The molecule has 0 saturated heterocycles. The molecule has 1 amide bonds. The van der Waals surface area contributed by atoms with E-state index in [0.717, 1.165) is 18.4 Å². The Kier molecular flexibility index (Phi) is 5.97. The van der Waals surface area contributed by atoms with Crippen LogP contribution in [0.5, 0.6) is 0 Å². The van der Waals surface area contributed by atoms with Gasteiger partial charge < -0.3 is 5.32 Å². The second-order valence-corrected chi connectivity index (χ2v) is 8.11. The number of nitrogens with zero attached hydrogens (tertiary/aromatic N) is 1. The van der Waals surface area contributed by atoms with Crippen molar-refractivity contribution in [3.05, 3.63) is 58.6 Å². The third kappa shape index (κ3) is 5.21. The minimum atomic E-state index is -4.63. The number of hydrogen-bond acceptors (Lipinski definition) is 3. The lowest BCUT2D eigenvalue weighted by Gasteiger charge is -2.23. The normalized spacial score (nSPS) is 11.9. The topological polar surface area (TPSA) is 66.5 Å². The first-order valence-electron chi connectivity index (χ1n) is 7.18. The molecule has 0 atom stereocenters. The molecule has 26 heavy (non-hydrogen) atoms. The lowest BCUT2D eigenvalue weighted by atomic mass is 10.2. The Hall–Kier alpha value is -2.07. The Bertz CT molecular complexity index is 917. The second kappa shape index (κ2) is 7.67. The lowest BCUT2D eigenvalue weighted by Crippen LogP contribution is -2.37. The van der Waals surface area contributed by atoms with E-state index in [0.29, 0.717) is 20.5 Å². The van der Waals surface area contributed by atoms with E-state index in [4.69, 9.17) is 0 Å². The van der Waals surface area contributed by atoms with Crippen molar-refractivity contribution in [2.75, 3.05) is 22.4 Å². The first-order valence-corrected chi connectivity index (χ1v) is 9.82. The molecule has 0 aromatic heterocycles. The summed E-state index contributed by atoms with van der Waals surface area (Å²) in [6.07, 6.45) is -3.81. The Morgan fingerprint density at radius 3 is 2.38 bits per heavy atom. The number of benzene rings is 2. The Morgan fingerprint density at radius 2 is 1.81 bits per heavy atom. The van der Waals surface area contributed by atoms with Crippen LogP contribution in [-0.4, -0.2) is 27.1 Å². The first-order chi connectivity index (χ1) is 12.0. The molecule has 0 aliphatic carbocycles. The van der Waals surface area contributed by atoms with Crippen molar-refractivity contribution in [3.8, 4) is 0 Å². The van der Waals surface area contributed by atoms with Crippen LogP contribution in [0.2, 0.25) is 0 Å². The SMILES string of the molecule is CS(=O)(=O)N(CC(=O)Nc1ccccc1Br)c1cccc(C(F)(F)F)c1. The van der Waals surface area contributed by atoms with E-state index in [1.54, 1.807) is 24.3 Å². The molecule has 10 heteroatoms. The highest BCUT2D eigenvalue weighted by atomic mass is 79.9. The molecule has 0 radical (unpaired) electrons. The monoisotopic (exact) mass is 450 g/mol. The highest BCUT2D eigenvalue weighted by Crippen LogP contribution is 2.32. The lowest BCUT2D eigenvalue weighted by molar-refractivity contribution is -0.137. The molecule has 0 spiro atoms. The van der Waals surface area contributed by atoms with Crippen LogP contribution in [0.3, 0.4) is 0 Å². The van der Waals surface area contributed by atoms with Gasteiger partial charge in [-0.3, -0.25) is 9.10 Å². The molecular weight excluding hydrogens is 437 g/mol. The Balaban J connectivity index is 2.29. The molecule has 0 aliphatic rings. The van der Waals surface area contributed by atoms with Gasteiger partial charge in [0.1, 0.15) is 6.54 Å². The van der Waals surface area contributed by atoms with Crippen molar-refractivity contribution in [2.45, 2.75) is 6.18 Å². The van der Waals surface area contributed by atoms with Crippen molar-refractivity contribution in [1.29, 1.82) is 0 Å². The fourth-order valence-electron chi connectivity index (χ4n) is 2.12. The summed E-state index contributed by atoms with van der Waals surface area (Å²) in [4.78, 5) is 12.2. The largest absolute Gasteiger partial charge is 0.416 e. The van der Waals surface area contributed by atoms with E-state index < -0.39 is 34.2 Å². The number of amides is 1. The highest BCUT2D eigenvalue weighted by molar-refractivity contribution is 9.10. The van der Waals surface area contributed by atoms with Gasteiger partial charge in [0.2, 0.25) is 15.9 Å². The van der Waals surface area contributed by atoms with Crippen LogP contribution in [-0.2, 0) is 21.0 Å². The number of carbonyl (C=O) groups excluding carboxylic acids is 1. The number of carbonyl (C=O) groups is 1. The number of alkyl halides is 3. The molecule has 0 aliphatic heterocycles. The van der Waals surface area contributed by atoms with Gasteiger partial charge in [-0.1, -0.05) is 18.2 Å². The van der Waals surface area contributed by atoms with E-state index >= 15 is 0 Å². The Labute approximate surface area is 157 Å². The second-order valence-electron chi connectivity index (χ2n) is 5.35. The van der Waals surface area contributed by atoms with Crippen molar-refractivity contribution in [3.63, 3.8) is 0 Å². The molecule has 2 aromatic carbocycles. The van der Waals surface area contributed by atoms with Gasteiger partial charge in [0.15, 0.2) is 0 Å². The van der Waals surface area contributed by atoms with Gasteiger partial charge in [0.25, 0.3) is 0 Å². The number of para-hydroxylation sites is 1. The first kappa shape index (κ1) is 20.2. The number of nitrogens with one attached hydrogen (secondary N) is 1. The van der Waals surface area contributed by atoms with Gasteiger partial charge in [0.05, 0.1) is 23.2 Å². The average molecular weight is 451 g/mol. The molecule has 0 bridgehead atoms.